The lowest BCUT2D eigenvalue weighted by atomic mass is 10.4. The van der Waals surface area contributed by atoms with E-state index in [1.165, 1.54) is 12.1 Å². The van der Waals surface area contributed by atoms with Crippen LogP contribution in [0.4, 0.5) is 0 Å². The minimum atomic E-state index is -0.203. The summed E-state index contributed by atoms with van der Waals surface area (Å²) in [5.41, 5.74) is 0. The summed E-state index contributed by atoms with van der Waals surface area (Å²) >= 11 is 1.59. The molecule has 3 nitrogen and oxygen atoms in total. The van der Waals surface area contributed by atoms with E-state index in [0.717, 1.165) is 0 Å². The predicted molar refractivity (Wildman–Crippen MR) is 42.4 cm³/mol. The lowest BCUT2D eigenvalue weighted by molar-refractivity contribution is 0.107. The summed E-state index contributed by atoms with van der Waals surface area (Å²) < 4.78 is 4.57. The second kappa shape index (κ2) is 2.96. The zero-order valence-electron chi connectivity index (χ0n) is 4.83. The Morgan fingerprint density at radius 1 is 1.60 bits per heavy atom. The van der Waals surface area contributed by atoms with Crippen LogP contribution in [-0.4, -0.2) is 10.1 Å². The van der Waals surface area contributed by atoms with Crippen molar-refractivity contribution in [2.45, 2.75) is 0 Å². The molecule has 4 heteroatoms. The summed E-state index contributed by atoms with van der Waals surface area (Å²) in [6.07, 6.45) is 0.559. The molecule has 0 unspecified atom stereocenters. The molecular weight excluding hydrogens is 247 g/mol. The smallest absolute Gasteiger partial charge is 0.257 e. The third-order valence-corrected chi connectivity index (χ3v) is 1.47. The van der Waals surface area contributed by atoms with E-state index in [1.807, 2.05) is 0 Å². The molecule has 10 heavy (non-hydrogen) atoms. The maximum Gasteiger partial charge on any atom is 0.257 e. The highest BCUT2D eigenvalue weighted by Gasteiger charge is 2.05. The SMILES string of the molecule is O=Cc1ccc(C(=O)I)o1. The van der Waals surface area contributed by atoms with E-state index >= 15 is 0 Å². The monoisotopic (exact) mass is 250 g/mol. The van der Waals surface area contributed by atoms with Gasteiger partial charge in [-0.1, -0.05) is 0 Å². The molecular formula is C6H3IO3. The highest BCUT2D eigenvalue weighted by Crippen LogP contribution is 2.09. The minimum absolute atomic E-state index is 0.181. The van der Waals surface area contributed by atoms with Crippen molar-refractivity contribution in [2.75, 3.05) is 0 Å². The molecule has 0 amide bonds. The Hall–Kier alpha value is -0.650. The third kappa shape index (κ3) is 1.44. The van der Waals surface area contributed by atoms with Gasteiger partial charge in [-0.15, -0.1) is 0 Å². The molecule has 0 radical (unpaired) electrons. The van der Waals surface area contributed by atoms with Gasteiger partial charge >= 0.3 is 0 Å². The Morgan fingerprint density at radius 2 is 2.30 bits per heavy atom. The molecule has 0 N–H and O–H groups in total. The maximum atomic E-state index is 10.6. The highest BCUT2D eigenvalue weighted by atomic mass is 127. The van der Waals surface area contributed by atoms with Crippen LogP contribution in [0.15, 0.2) is 16.5 Å². The van der Waals surface area contributed by atoms with E-state index in [4.69, 9.17) is 4.42 Å². The van der Waals surface area contributed by atoms with Gasteiger partial charge in [-0.2, -0.15) is 0 Å². The van der Waals surface area contributed by atoms with Gasteiger partial charge in [0.15, 0.2) is 17.8 Å². The fourth-order valence-electron chi connectivity index (χ4n) is 0.522. The largest absolute Gasteiger partial charge is 0.449 e. The normalized spacial score (nSPS) is 9.30. The molecule has 0 bridgehead atoms. The summed E-state index contributed by atoms with van der Waals surface area (Å²) in [5.74, 6) is 0.391. The number of carbonyl (C=O) groups excluding carboxylic acids is 2. The number of rotatable bonds is 2. The molecule has 0 aliphatic carbocycles. The van der Waals surface area contributed by atoms with Crippen molar-refractivity contribution in [3.05, 3.63) is 23.7 Å². The minimum Gasteiger partial charge on any atom is -0.449 e. The van der Waals surface area contributed by atoms with Gasteiger partial charge in [-0.25, -0.2) is 0 Å². The Balaban J connectivity index is 2.98. The molecule has 1 rings (SSSR count). The Bertz CT molecular complexity index is 264. The Kier molecular flexibility index (Phi) is 2.21. The number of hydrogen-bond donors (Lipinski definition) is 0. The topological polar surface area (TPSA) is 47.3 Å². The molecule has 1 heterocycles. The molecule has 0 spiro atoms. The molecule has 0 fully saturated rings. The van der Waals surface area contributed by atoms with E-state index in [0.29, 0.717) is 6.29 Å². The fourth-order valence-corrected chi connectivity index (χ4v) is 0.812. The van der Waals surface area contributed by atoms with Crippen molar-refractivity contribution < 1.29 is 14.0 Å². The van der Waals surface area contributed by atoms with Crippen LogP contribution in [0.3, 0.4) is 0 Å². The van der Waals surface area contributed by atoms with Crippen molar-refractivity contribution in [3.8, 4) is 0 Å². The molecule has 1 aromatic heterocycles. The molecule has 0 saturated heterocycles. The van der Waals surface area contributed by atoms with Gasteiger partial charge in [0, 0.05) is 22.6 Å². The number of halogens is 1. The van der Waals surface area contributed by atoms with E-state index in [-0.39, 0.29) is 15.3 Å². The van der Waals surface area contributed by atoms with Crippen molar-refractivity contribution in [1.82, 2.24) is 0 Å². The first kappa shape index (κ1) is 7.46. The number of furan rings is 1. The van der Waals surface area contributed by atoms with E-state index in [2.05, 4.69) is 0 Å². The molecule has 0 aromatic carbocycles. The quantitative estimate of drug-likeness (QED) is 0.455. The summed E-state index contributed by atoms with van der Waals surface area (Å²) in [7, 11) is 0. The van der Waals surface area contributed by atoms with E-state index in [1.54, 1.807) is 22.6 Å². The summed E-state index contributed by atoms with van der Waals surface area (Å²) in [5, 5.41) is 0. The molecule has 1 aromatic rings. The summed E-state index contributed by atoms with van der Waals surface area (Å²) in [6.45, 7) is 0. The van der Waals surface area contributed by atoms with Crippen LogP contribution in [0.5, 0.6) is 0 Å². The average molecular weight is 250 g/mol. The highest BCUT2D eigenvalue weighted by molar-refractivity contribution is 14.1. The van der Waals surface area contributed by atoms with Crippen LogP contribution in [0, 0.1) is 0 Å². The van der Waals surface area contributed by atoms with Crippen molar-refractivity contribution in [2.24, 2.45) is 0 Å². The molecule has 0 aliphatic heterocycles. The van der Waals surface area contributed by atoms with Crippen LogP contribution in [-0.2, 0) is 0 Å². The molecule has 0 aliphatic rings. The van der Waals surface area contributed by atoms with Gasteiger partial charge in [-0.3, -0.25) is 9.59 Å². The van der Waals surface area contributed by atoms with Gasteiger partial charge in [0.1, 0.15) is 0 Å². The standard InChI is InChI=1S/C6H3IO3/c7-6(9)5-2-1-4(3-8)10-5/h1-3H. The first-order valence-electron chi connectivity index (χ1n) is 2.49. The summed E-state index contributed by atoms with van der Waals surface area (Å²) in [4.78, 5) is 20.6. The van der Waals surface area contributed by atoms with Crippen molar-refractivity contribution in [1.29, 1.82) is 0 Å². The Morgan fingerprint density at radius 3 is 2.60 bits per heavy atom. The van der Waals surface area contributed by atoms with Crippen molar-refractivity contribution >= 4 is 32.7 Å². The van der Waals surface area contributed by atoms with Gasteiger partial charge in [-0.05, 0) is 12.1 Å². The van der Waals surface area contributed by atoms with E-state index < -0.39 is 0 Å². The van der Waals surface area contributed by atoms with Crippen LogP contribution in [0.25, 0.3) is 0 Å². The number of carbonyl (C=O) groups is 2. The van der Waals surface area contributed by atoms with Gasteiger partial charge in [0.2, 0.25) is 0 Å². The second-order valence-corrected chi connectivity index (χ2v) is 2.57. The van der Waals surface area contributed by atoms with Crippen LogP contribution in [0.1, 0.15) is 21.1 Å². The molecule has 0 saturated carbocycles. The van der Waals surface area contributed by atoms with Crippen molar-refractivity contribution in [3.63, 3.8) is 0 Å². The third-order valence-electron chi connectivity index (χ3n) is 0.937. The first-order chi connectivity index (χ1) is 4.74. The molecule has 0 atom stereocenters. The fraction of sp³-hybridized carbons (Fsp3) is 0. The lowest BCUT2D eigenvalue weighted by Crippen LogP contribution is -1.80. The molecule has 52 valence electrons. The number of hydrogen-bond acceptors (Lipinski definition) is 3. The first-order valence-corrected chi connectivity index (χ1v) is 3.57. The van der Waals surface area contributed by atoms with E-state index in [9.17, 15) is 9.59 Å². The summed E-state index contributed by atoms with van der Waals surface area (Å²) in [6, 6.07) is 2.93. The zero-order chi connectivity index (χ0) is 7.56. The van der Waals surface area contributed by atoms with Crippen LogP contribution < -0.4 is 0 Å². The predicted octanol–water partition coefficient (Wildman–Crippen LogP) is 1.67. The lowest BCUT2D eigenvalue weighted by Gasteiger charge is -1.81. The van der Waals surface area contributed by atoms with Crippen LogP contribution >= 0.6 is 22.6 Å². The van der Waals surface area contributed by atoms with Gasteiger partial charge in [0.05, 0.1) is 0 Å². The average Bonchev–Trinajstić information content (AvgIpc) is 2.34. The van der Waals surface area contributed by atoms with Crippen LogP contribution in [0.2, 0.25) is 0 Å². The van der Waals surface area contributed by atoms with Gasteiger partial charge in [0.25, 0.3) is 3.79 Å². The van der Waals surface area contributed by atoms with Gasteiger partial charge < -0.3 is 4.42 Å². The number of aldehydes is 1. The second-order valence-electron chi connectivity index (χ2n) is 1.59. The maximum absolute atomic E-state index is 10.6. The Labute approximate surface area is 70.5 Å². The zero-order valence-corrected chi connectivity index (χ0v) is 6.99.